The van der Waals surface area contributed by atoms with Crippen LogP contribution in [0.5, 0.6) is 5.75 Å². The number of benzene rings is 3. The Labute approximate surface area is 180 Å². The molecule has 31 heavy (non-hydrogen) atoms. The van der Waals surface area contributed by atoms with E-state index in [0.29, 0.717) is 5.69 Å². The van der Waals surface area contributed by atoms with Crippen molar-refractivity contribution in [2.24, 2.45) is 0 Å². The molecule has 1 N–H and O–H groups in total. The van der Waals surface area contributed by atoms with Crippen LogP contribution >= 0.6 is 0 Å². The first-order valence-corrected chi connectivity index (χ1v) is 11.1. The number of halogens is 1. The molecule has 1 atom stereocenters. The summed E-state index contributed by atoms with van der Waals surface area (Å²) in [7, 11) is -3.95. The number of ether oxygens (including phenoxy) is 1. The smallest absolute Gasteiger partial charge is 0.267 e. The van der Waals surface area contributed by atoms with Crippen molar-refractivity contribution >= 4 is 27.3 Å². The summed E-state index contributed by atoms with van der Waals surface area (Å²) in [4.78, 5) is 13.0. The van der Waals surface area contributed by atoms with Crippen LogP contribution in [0.2, 0.25) is 0 Å². The fraction of sp³-hybridized carbons (Fsp3) is 0.174. The second-order valence-corrected chi connectivity index (χ2v) is 9.26. The van der Waals surface area contributed by atoms with Gasteiger partial charge in [-0.1, -0.05) is 35.9 Å². The second kappa shape index (κ2) is 8.03. The molecule has 1 aliphatic heterocycles. The van der Waals surface area contributed by atoms with E-state index >= 15 is 0 Å². The summed E-state index contributed by atoms with van der Waals surface area (Å²) in [5, 5.41) is 2.48. The standard InChI is InChI=1S/C23H21FN2O4S/c1-15-7-10-17(11-8-15)31(28,29)26-14-22(30-21-13-16(2)9-12-20(21)26)23(27)25-19-6-4-3-5-18(19)24/h3-13,22H,14H2,1-2H3,(H,25,27). The van der Waals surface area contributed by atoms with E-state index in [1.54, 1.807) is 36.4 Å². The highest BCUT2D eigenvalue weighted by molar-refractivity contribution is 7.92. The van der Waals surface area contributed by atoms with E-state index in [0.717, 1.165) is 11.1 Å². The number of aryl methyl sites for hydroxylation is 2. The van der Waals surface area contributed by atoms with Gasteiger partial charge in [-0.05, 0) is 55.8 Å². The fourth-order valence-electron chi connectivity index (χ4n) is 3.34. The average molecular weight is 440 g/mol. The summed E-state index contributed by atoms with van der Waals surface area (Å²) in [6.07, 6.45) is -1.16. The summed E-state index contributed by atoms with van der Waals surface area (Å²) in [5.41, 5.74) is 2.13. The lowest BCUT2D eigenvalue weighted by Crippen LogP contribution is -2.48. The van der Waals surface area contributed by atoms with Crippen LogP contribution in [-0.4, -0.2) is 27.0 Å². The first-order chi connectivity index (χ1) is 14.8. The van der Waals surface area contributed by atoms with E-state index in [9.17, 15) is 17.6 Å². The molecule has 0 radical (unpaired) electrons. The lowest BCUT2D eigenvalue weighted by Gasteiger charge is -2.35. The molecule has 4 rings (SSSR count). The summed E-state index contributed by atoms with van der Waals surface area (Å²) in [6, 6.07) is 17.3. The van der Waals surface area contributed by atoms with Gasteiger partial charge < -0.3 is 10.1 Å². The van der Waals surface area contributed by atoms with Crippen molar-refractivity contribution in [3.63, 3.8) is 0 Å². The maximum Gasteiger partial charge on any atom is 0.267 e. The van der Waals surface area contributed by atoms with Crippen LogP contribution in [0.15, 0.2) is 71.6 Å². The van der Waals surface area contributed by atoms with Crippen molar-refractivity contribution in [3.05, 3.63) is 83.7 Å². The van der Waals surface area contributed by atoms with Crippen LogP contribution in [-0.2, 0) is 14.8 Å². The number of amides is 1. The quantitative estimate of drug-likeness (QED) is 0.665. The maximum absolute atomic E-state index is 14.0. The number of carbonyl (C=O) groups excluding carboxylic acids is 1. The minimum absolute atomic E-state index is 0.000851. The van der Waals surface area contributed by atoms with Crippen LogP contribution in [0, 0.1) is 19.7 Å². The van der Waals surface area contributed by atoms with Crippen molar-refractivity contribution in [1.82, 2.24) is 0 Å². The Bertz CT molecular complexity index is 1240. The van der Waals surface area contributed by atoms with E-state index in [1.807, 2.05) is 13.8 Å². The Kier molecular flexibility index (Phi) is 5.41. The molecule has 1 amide bonds. The van der Waals surface area contributed by atoms with Crippen LogP contribution < -0.4 is 14.4 Å². The average Bonchev–Trinajstić information content (AvgIpc) is 2.74. The van der Waals surface area contributed by atoms with E-state index in [1.165, 1.54) is 34.6 Å². The van der Waals surface area contributed by atoms with Gasteiger partial charge in [0.05, 0.1) is 22.8 Å². The Hall–Kier alpha value is -3.39. The molecule has 8 heteroatoms. The van der Waals surface area contributed by atoms with Crippen molar-refractivity contribution in [2.45, 2.75) is 24.8 Å². The van der Waals surface area contributed by atoms with Crippen molar-refractivity contribution in [1.29, 1.82) is 0 Å². The van der Waals surface area contributed by atoms with Crippen LogP contribution in [0.3, 0.4) is 0 Å². The predicted octanol–water partition coefficient (Wildman–Crippen LogP) is 4.04. The van der Waals surface area contributed by atoms with Crippen LogP contribution in [0.4, 0.5) is 15.8 Å². The molecular weight excluding hydrogens is 419 g/mol. The Morgan fingerprint density at radius 3 is 2.42 bits per heavy atom. The lowest BCUT2D eigenvalue weighted by atomic mass is 10.1. The van der Waals surface area contributed by atoms with E-state index < -0.39 is 27.9 Å². The number of fused-ring (bicyclic) bond motifs is 1. The number of rotatable bonds is 4. The minimum Gasteiger partial charge on any atom is -0.476 e. The number of nitrogens with one attached hydrogen (secondary N) is 1. The van der Waals surface area contributed by atoms with Gasteiger partial charge in [0, 0.05) is 0 Å². The fourth-order valence-corrected chi connectivity index (χ4v) is 4.81. The molecule has 3 aromatic carbocycles. The number of carbonyl (C=O) groups is 1. The van der Waals surface area contributed by atoms with Gasteiger partial charge in [0.2, 0.25) is 0 Å². The molecule has 6 nitrogen and oxygen atoms in total. The second-order valence-electron chi connectivity index (χ2n) is 7.40. The van der Waals surface area contributed by atoms with Gasteiger partial charge in [-0.15, -0.1) is 0 Å². The monoisotopic (exact) mass is 440 g/mol. The first kappa shape index (κ1) is 20.9. The summed E-state index contributed by atoms with van der Waals surface area (Å²) in [6.45, 7) is 3.46. The first-order valence-electron chi connectivity index (χ1n) is 9.68. The molecule has 0 saturated carbocycles. The van der Waals surface area contributed by atoms with Crippen molar-refractivity contribution in [3.8, 4) is 5.75 Å². The Morgan fingerprint density at radius 1 is 1.03 bits per heavy atom. The molecular formula is C23H21FN2O4S. The zero-order valence-electron chi connectivity index (χ0n) is 17.0. The highest BCUT2D eigenvalue weighted by Gasteiger charge is 2.37. The molecule has 0 fully saturated rings. The minimum atomic E-state index is -3.95. The van der Waals surface area contributed by atoms with Crippen molar-refractivity contribution in [2.75, 3.05) is 16.2 Å². The van der Waals surface area contributed by atoms with Gasteiger partial charge in [-0.25, -0.2) is 12.8 Å². The molecule has 0 saturated heterocycles. The molecule has 0 aliphatic carbocycles. The number of hydrogen-bond donors (Lipinski definition) is 1. The lowest BCUT2D eigenvalue weighted by molar-refractivity contribution is -0.122. The van der Waals surface area contributed by atoms with Gasteiger partial charge >= 0.3 is 0 Å². The Morgan fingerprint density at radius 2 is 1.71 bits per heavy atom. The Balaban J connectivity index is 1.71. The molecule has 160 valence electrons. The molecule has 0 aromatic heterocycles. The number of para-hydroxylation sites is 1. The zero-order valence-corrected chi connectivity index (χ0v) is 17.8. The van der Waals surface area contributed by atoms with Gasteiger partial charge in [0.15, 0.2) is 6.10 Å². The molecule has 1 aliphatic rings. The van der Waals surface area contributed by atoms with Crippen LogP contribution in [0.25, 0.3) is 0 Å². The van der Waals surface area contributed by atoms with E-state index in [-0.39, 0.29) is 22.9 Å². The third-order valence-electron chi connectivity index (χ3n) is 5.02. The SMILES string of the molecule is Cc1ccc(S(=O)(=O)N2CC(C(=O)Nc3ccccc3F)Oc3cc(C)ccc32)cc1. The number of sulfonamides is 1. The molecule has 1 unspecified atom stereocenters. The largest absolute Gasteiger partial charge is 0.476 e. The van der Waals surface area contributed by atoms with Gasteiger partial charge in [0.25, 0.3) is 15.9 Å². The summed E-state index contributed by atoms with van der Waals surface area (Å²) >= 11 is 0. The summed E-state index contributed by atoms with van der Waals surface area (Å²) < 4.78 is 47.8. The van der Waals surface area contributed by atoms with E-state index in [4.69, 9.17) is 4.74 Å². The van der Waals surface area contributed by atoms with E-state index in [2.05, 4.69) is 5.32 Å². The highest BCUT2D eigenvalue weighted by Crippen LogP contribution is 2.38. The van der Waals surface area contributed by atoms with Gasteiger partial charge in [0.1, 0.15) is 11.6 Å². The molecule has 0 spiro atoms. The van der Waals surface area contributed by atoms with Crippen molar-refractivity contribution < 1.29 is 22.3 Å². The normalized spacial score (nSPS) is 15.7. The van der Waals surface area contributed by atoms with Gasteiger partial charge in [-0.3, -0.25) is 9.10 Å². The summed E-state index contributed by atoms with van der Waals surface area (Å²) in [5.74, 6) is -0.955. The molecule has 3 aromatic rings. The predicted molar refractivity (Wildman–Crippen MR) is 116 cm³/mol. The third-order valence-corrected chi connectivity index (χ3v) is 6.81. The number of anilines is 2. The van der Waals surface area contributed by atoms with Gasteiger partial charge in [-0.2, -0.15) is 0 Å². The third kappa shape index (κ3) is 4.11. The zero-order chi connectivity index (χ0) is 22.2. The molecule has 0 bridgehead atoms. The maximum atomic E-state index is 14.0. The van der Waals surface area contributed by atoms with Crippen LogP contribution in [0.1, 0.15) is 11.1 Å². The topological polar surface area (TPSA) is 75.7 Å². The molecule has 1 heterocycles. The highest BCUT2D eigenvalue weighted by atomic mass is 32.2. The number of nitrogens with zero attached hydrogens (tertiary/aromatic N) is 1. The number of hydrogen-bond acceptors (Lipinski definition) is 4.